The van der Waals surface area contributed by atoms with Gasteiger partial charge in [0.15, 0.2) is 5.11 Å². The number of anilines is 1. The topological polar surface area (TPSA) is 59.6 Å². The zero-order chi connectivity index (χ0) is 17.1. The highest BCUT2D eigenvalue weighted by molar-refractivity contribution is 7.80. The van der Waals surface area contributed by atoms with Gasteiger partial charge in [0.25, 0.3) is 0 Å². The van der Waals surface area contributed by atoms with Crippen LogP contribution in [0.2, 0.25) is 0 Å². The summed E-state index contributed by atoms with van der Waals surface area (Å²) in [4.78, 5) is 11.9. The summed E-state index contributed by atoms with van der Waals surface area (Å²) < 4.78 is 10.4. The van der Waals surface area contributed by atoms with Crippen molar-refractivity contribution in [1.82, 2.24) is 5.32 Å². The molecule has 1 aromatic rings. The van der Waals surface area contributed by atoms with Crippen molar-refractivity contribution in [2.24, 2.45) is 0 Å². The van der Waals surface area contributed by atoms with E-state index >= 15 is 0 Å². The predicted molar refractivity (Wildman–Crippen MR) is 97.3 cm³/mol. The van der Waals surface area contributed by atoms with Gasteiger partial charge in [0.2, 0.25) is 5.91 Å². The highest BCUT2D eigenvalue weighted by atomic mass is 32.1. The minimum Gasteiger partial charge on any atom is -0.497 e. The van der Waals surface area contributed by atoms with Gasteiger partial charge in [0.1, 0.15) is 11.5 Å². The van der Waals surface area contributed by atoms with Gasteiger partial charge in [-0.15, -0.1) is 0 Å². The zero-order valence-corrected chi connectivity index (χ0v) is 14.9. The molecule has 0 aliphatic heterocycles. The van der Waals surface area contributed by atoms with E-state index < -0.39 is 0 Å². The average molecular weight is 338 g/mol. The third-order valence-corrected chi connectivity index (χ3v) is 3.62. The maximum absolute atomic E-state index is 11.9. The Hall–Kier alpha value is -1.82. The molecule has 23 heavy (non-hydrogen) atoms. The molecule has 0 atom stereocenters. The predicted octanol–water partition coefficient (Wildman–Crippen LogP) is 3.88. The molecule has 6 heteroatoms. The first kappa shape index (κ1) is 19.2. The molecule has 0 bridgehead atoms. The van der Waals surface area contributed by atoms with Crippen molar-refractivity contribution in [3.8, 4) is 11.5 Å². The maximum atomic E-state index is 11.9. The lowest BCUT2D eigenvalue weighted by Crippen LogP contribution is -2.34. The summed E-state index contributed by atoms with van der Waals surface area (Å²) in [5.41, 5.74) is 0.653. The van der Waals surface area contributed by atoms with E-state index in [-0.39, 0.29) is 11.0 Å². The minimum absolute atomic E-state index is 0.0686. The number of unbranched alkanes of at least 4 members (excludes halogenated alkanes) is 4. The van der Waals surface area contributed by atoms with E-state index in [4.69, 9.17) is 21.7 Å². The number of rotatable bonds is 9. The van der Waals surface area contributed by atoms with E-state index in [0.29, 0.717) is 23.6 Å². The third-order valence-electron chi connectivity index (χ3n) is 3.42. The number of nitrogens with one attached hydrogen (secondary N) is 2. The molecular formula is C17H26N2O3S. The molecule has 5 nitrogen and oxygen atoms in total. The van der Waals surface area contributed by atoms with Crippen LogP contribution in [-0.4, -0.2) is 25.2 Å². The Labute approximate surface area is 143 Å². The molecule has 0 radical (unpaired) electrons. The molecule has 1 amide bonds. The first-order chi connectivity index (χ1) is 11.1. The number of benzene rings is 1. The van der Waals surface area contributed by atoms with Gasteiger partial charge < -0.3 is 20.1 Å². The molecule has 1 aromatic carbocycles. The Morgan fingerprint density at radius 1 is 1.13 bits per heavy atom. The lowest BCUT2D eigenvalue weighted by atomic mass is 10.1. The summed E-state index contributed by atoms with van der Waals surface area (Å²) in [6, 6.07) is 5.34. The second kappa shape index (κ2) is 10.8. The van der Waals surface area contributed by atoms with Gasteiger partial charge in [-0.3, -0.25) is 4.79 Å². The lowest BCUT2D eigenvalue weighted by Gasteiger charge is -2.14. The zero-order valence-electron chi connectivity index (χ0n) is 14.1. The highest BCUT2D eigenvalue weighted by Crippen LogP contribution is 2.28. The molecule has 2 N–H and O–H groups in total. The molecule has 0 heterocycles. The van der Waals surface area contributed by atoms with Crippen molar-refractivity contribution in [3.63, 3.8) is 0 Å². The number of methoxy groups -OCH3 is 2. The molecule has 0 aromatic heterocycles. The first-order valence-electron chi connectivity index (χ1n) is 7.93. The van der Waals surface area contributed by atoms with Crippen LogP contribution < -0.4 is 20.1 Å². The summed E-state index contributed by atoms with van der Waals surface area (Å²) >= 11 is 5.18. The molecule has 0 aliphatic carbocycles. The van der Waals surface area contributed by atoms with Crippen LogP contribution in [0.3, 0.4) is 0 Å². The quantitative estimate of drug-likeness (QED) is 0.528. The van der Waals surface area contributed by atoms with E-state index in [1.165, 1.54) is 19.3 Å². The number of carbonyl (C=O) groups excluding carboxylic acids is 1. The number of carbonyl (C=O) groups is 1. The van der Waals surface area contributed by atoms with E-state index in [9.17, 15) is 4.79 Å². The van der Waals surface area contributed by atoms with Crippen LogP contribution in [0.4, 0.5) is 5.69 Å². The van der Waals surface area contributed by atoms with Crippen LogP contribution in [0.15, 0.2) is 18.2 Å². The van der Waals surface area contributed by atoms with E-state index in [0.717, 1.165) is 12.8 Å². The summed E-state index contributed by atoms with van der Waals surface area (Å²) in [6.07, 6.45) is 6.04. The number of hydrogen-bond acceptors (Lipinski definition) is 4. The first-order valence-corrected chi connectivity index (χ1v) is 8.34. The van der Waals surface area contributed by atoms with E-state index in [1.54, 1.807) is 32.4 Å². The fourth-order valence-corrected chi connectivity index (χ4v) is 2.37. The summed E-state index contributed by atoms with van der Waals surface area (Å²) in [5, 5.41) is 5.92. The third kappa shape index (κ3) is 7.32. The SMILES string of the molecule is CCCCCCCC(=O)NC(=S)Nc1cc(OC)ccc1OC. The average Bonchev–Trinajstić information content (AvgIpc) is 2.54. The van der Waals surface area contributed by atoms with Gasteiger partial charge in [-0.1, -0.05) is 32.6 Å². The Balaban J connectivity index is 2.45. The second-order valence-electron chi connectivity index (χ2n) is 5.23. The van der Waals surface area contributed by atoms with Gasteiger partial charge in [0.05, 0.1) is 19.9 Å². The Morgan fingerprint density at radius 3 is 2.52 bits per heavy atom. The van der Waals surface area contributed by atoms with Crippen molar-refractivity contribution in [2.45, 2.75) is 45.4 Å². The Morgan fingerprint density at radius 2 is 1.87 bits per heavy atom. The lowest BCUT2D eigenvalue weighted by molar-refractivity contribution is -0.119. The summed E-state index contributed by atoms with van der Waals surface area (Å²) in [7, 11) is 3.16. The highest BCUT2D eigenvalue weighted by Gasteiger charge is 2.09. The monoisotopic (exact) mass is 338 g/mol. The van der Waals surface area contributed by atoms with E-state index in [1.807, 2.05) is 0 Å². The van der Waals surface area contributed by atoms with E-state index in [2.05, 4.69) is 17.6 Å². The minimum atomic E-state index is -0.0686. The van der Waals surface area contributed by atoms with Crippen LogP contribution in [0, 0.1) is 0 Å². The van der Waals surface area contributed by atoms with Crippen molar-refractivity contribution in [3.05, 3.63) is 18.2 Å². The smallest absolute Gasteiger partial charge is 0.226 e. The fourth-order valence-electron chi connectivity index (χ4n) is 2.14. The molecule has 0 aliphatic rings. The number of ether oxygens (including phenoxy) is 2. The number of thiocarbonyl (C=S) groups is 1. The van der Waals surface area contributed by atoms with Gasteiger partial charge >= 0.3 is 0 Å². The molecule has 0 saturated carbocycles. The number of hydrogen-bond donors (Lipinski definition) is 2. The van der Waals surface area contributed by atoms with Crippen LogP contribution in [0.25, 0.3) is 0 Å². The van der Waals surface area contributed by atoms with Crippen LogP contribution in [-0.2, 0) is 4.79 Å². The molecular weight excluding hydrogens is 312 g/mol. The summed E-state index contributed by atoms with van der Waals surface area (Å²) in [5.74, 6) is 1.24. The normalized spacial score (nSPS) is 10.0. The van der Waals surface area contributed by atoms with Crippen LogP contribution in [0.1, 0.15) is 45.4 Å². The van der Waals surface area contributed by atoms with Gasteiger partial charge in [0, 0.05) is 12.5 Å². The molecule has 0 spiro atoms. The second-order valence-corrected chi connectivity index (χ2v) is 5.64. The largest absolute Gasteiger partial charge is 0.497 e. The fraction of sp³-hybridized carbons (Fsp3) is 0.529. The van der Waals surface area contributed by atoms with Crippen molar-refractivity contribution >= 4 is 28.9 Å². The molecule has 0 fully saturated rings. The number of amides is 1. The Bertz CT molecular complexity index is 521. The Kier molecular flexibility index (Phi) is 9.05. The van der Waals surface area contributed by atoms with Crippen LogP contribution in [0.5, 0.6) is 11.5 Å². The van der Waals surface area contributed by atoms with Gasteiger partial charge in [-0.2, -0.15) is 0 Å². The maximum Gasteiger partial charge on any atom is 0.226 e. The van der Waals surface area contributed by atoms with Gasteiger partial charge in [-0.25, -0.2) is 0 Å². The van der Waals surface area contributed by atoms with Crippen LogP contribution >= 0.6 is 12.2 Å². The standard InChI is InChI=1S/C17H26N2O3S/c1-4-5-6-7-8-9-16(20)19-17(23)18-14-12-13(21-2)10-11-15(14)22-3/h10-12H,4-9H2,1-3H3,(H2,18,19,20,23). The molecule has 128 valence electrons. The van der Waals surface area contributed by atoms with Crippen molar-refractivity contribution in [2.75, 3.05) is 19.5 Å². The van der Waals surface area contributed by atoms with Crippen molar-refractivity contribution in [1.29, 1.82) is 0 Å². The van der Waals surface area contributed by atoms with Gasteiger partial charge in [-0.05, 0) is 30.8 Å². The molecule has 0 unspecified atom stereocenters. The molecule has 0 saturated heterocycles. The molecule has 1 rings (SSSR count). The summed E-state index contributed by atoms with van der Waals surface area (Å²) in [6.45, 7) is 2.17. The van der Waals surface area contributed by atoms with Crippen molar-refractivity contribution < 1.29 is 14.3 Å².